The molecule has 0 radical (unpaired) electrons. The van der Waals surface area contributed by atoms with Gasteiger partial charge in [0, 0.05) is 12.6 Å². The smallest absolute Gasteiger partial charge is 0.0509 e. The largest absolute Gasteiger partial charge is 0.381 e. The van der Waals surface area contributed by atoms with Crippen LogP contribution in [-0.2, 0) is 4.74 Å². The summed E-state index contributed by atoms with van der Waals surface area (Å²) >= 11 is 0. The maximum absolute atomic E-state index is 5.52. The third-order valence-corrected chi connectivity index (χ3v) is 3.46. The molecule has 2 saturated heterocycles. The summed E-state index contributed by atoms with van der Waals surface area (Å²) in [6, 6.07) is 0.747. The maximum Gasteiger partial charge on any atom is 0.0509 e. The molecule has 2 nitrogen and oxygen atoms in total. The van der Waals surface area contributed by atoms with Gasteiger partial charge < -0.3 is 10.1 Å². The van der Waals surface area contributed by atoms with Gasteiger partial charge in [-0.05, 0) is 44.1 Å². The van der Waals surface area contributed by atoms with Crippen molar-refractivity contribution >= 4 is 0 Å². The maximum atomic E-state index is 5.52. The number of hydrogen-bond acceptors (Lipinski definition) is 2. The van der Waals surface area contributed by atoms with E-state index in [0.717, 1.165) is 31.1 Å². The monoisotopic (exact) mass is 183 g/mol. The van der Waals surface area contributed by atoms with E-state index in [4.69, 9.17) is 4.74 Å². The molecule has 2 rings (SSSR count). The van der Waals surface area contributed by atoms with Crippen LogP contribution in [0.2, 0.25) is 0 Å². The average molecular weight is 183 g/mol. The van der Waals surface area contributed by atoms with Gasteiger partial charge in [0.1, 0.15) is 0 Å². The van der Waals surface area contributed by atoms with Gasteiger partial charge in [0.2, 0.25) is 0 Å². The van der Waals surface area contributed by atoms with Crippen LogP contribution in [-0.4, -0.2) is 25.8 Å². The van der Waals surface area contributed by atoms with Crippen LogP contribution in [0.1, 0.15) is 32.6 Å². The lowest BCUT2D eigenvalue weighted by Gasteiger charge is -2.35. The summed E-state index contributed by atoms with van der Waals surface area (Å²) < 4.78 is 5.52. The second-order valence-corrected chi connectivity index (χ2v) is 4.67. The summed E-state index contributed by atoms with van der Waals surface area (Å²) in [7, 11) is 0. The highest BCUT2D eigenvalue weighted by atomic mass is 16.5. The van der Waals surface area contributed by atoms with E-state index >= 15 is 0 Å². The van der Waals surface area contributed by atoms with Crippen molar-refractivity contribution in [2.45, 2.75) is 38.6 Å². The summed E-state index contributed by atoms with van der Waals surface area (Å²) in [6.07, 6.45) is 5.38. The average Bonchev–Trinajstić information content (AvgIpc) is 2.20. The molecule has 2 fully saturated rings. The molecule has 0 amide bonds. The van der Waals surface area contributed by atoms with Gasteiger partial charge in [-0.15, -0.1) is 0 Å². The van der Waals surface area contributed by atoms with E-state index in [1.165, 1.54) is 32.2 Å². The minimum Gasteiger partial charge on any atom is -0.381 e. The fraction of sp³-hybridized carbons (Fsp3) is 1.00. The zero-order chi connectivity index (χ0) is 9.10. The molecule has 0 aromatic carbocycles. The number of hydrogen-bond donors (Lipinski definition) is 1. The Bertz CT molecular complexity index is 146. The van der Waals surface area contributed by atoms with Gasteiger partial charge >= 0.3 is 0 Å². The highest BCUT2D eigenvalue weighted by Gasteiger charge is 2.26. The topological polar surface area (TPSA) is 21.3 Å². The molecule has 0 bridgehead atoms. The van der Waals surface area contributed by atoms with E-state index in [1.807, 2.05) is 0 Å². The molecule has 3 atom stereocenters. The standard InChI is InChI=1S/C11H21NO/c1-9-4-5-11(12-7-9)10-3-2-6-13-8-10/h9-12H,2-8H2,1H3. The van der Waals surface area contributed by atoms with E-state index < -0.39 is 0 Å². The predicted octanol–water partition coefficient (Wildman–Crippen LogP) is 1.80. The van der Waals surface area contributed by atoms with Gasteiger partial charge in [-0.2, -0.15) is 0 Å². The molecular formula is C11H21NO. The first kappa shape index (κ1) is 9.47. The number of nitrogens with one attached hydrogen (secondary N) is 1. The van der Waals surface area contributed by atoms with Crippen LogP contribution in [0.5, 0.6) is 0 Å². The molecule has 76 valence electrons. The first-order chi connectivity index (χ1) is 6.36. The third kappa shape index (κ3) is 2.44. The first-order valence-corrected chi connectivity index (χ1v) is 5.67. The highest BCUT2D eigenvalue weighted by molar-refractivity contribution is 4.83. The van der Waals surface area contributed by atoms with Crippen molar-refractivity contribution in [2.75, 3.05) is 19.8 Å². The predicted molar refractivity (Wildman–Crippen MR) is 53.7 cm³/mol. The molecule has 0 aliphatic carbocycles. The van der Waals surface area contributed by atoms with Crippen LogP contribution in [0.4, 0.5) is 0 Å². The minimum absolute atomic E-state index is 0.747. The molecule has 2 aliphatic heterocycles. The Morgan fingerprint density at radius 3 is 2.77 bits per heavy atom. The Balaban J connectivity index is 1.79. The SMILES string of the molecule is CC1CCC(C2CCCOC2)NC1. The summed E-state index contributed by atoms with van der Waals surface area (Å²) in [4.78, 5) is 0. The van der Waals surface area contributed by atoms with Gasteiger partial charge in [0.05, 0.1) is 6.61 Å². The fourth-order valence-electron chi connectivity index (χ4n) is 2.51. The third-order valence-electron chi connectivity index (χ3n) is 3.46. The van der Waals surface area contributed by atoms with Crippen molar-refractivity contribution in [1.29, 1.82) is 0 Å². The Morgan fingerprint density at radius 2 is 2.15 bits per heavy atom. The molecule has 3 unspecified atom stereocenters. The molecule has 1 N–H and O–H groups in total. The van der Waals surface area contributed by atoms with Gasteiger partial charge in [-0.25, -0.2) is 0 Å². The Labute approximate surface area is 81.0 Å². The van der Waals surface area contributed by atoms with Crippen LogP contribution in [0.3, 0.4) is 0 Å². The highest BCUT2D eigenvalue weighted by Crippen LogP contribution is 2.24. The quantitative estimate of drug-likeness (QED) is 0.669. The second kappa shape index (κ2) is 4.43. The lowest BCUT2D eigenvalue weighted by atomic mass is 9.85. The van der Waals surface area contributed by atoms with Crippen molar-refractivity contribution in [3.05, 3.63) is 0 Å². The van der Waals surface area contributed by atoms with E-state index in [-0.39, 0.29) is 0 Å². The number of rotatable bonds is 1. The molecule has 2 heteroatoms. The molecule has 2 aliphatic rings. The van der Waals surface area contributed by atoms with Crippen LogP contribution in [0.15, 0.2) is 0 Å². The summed E-state index contributed by atoms with van der Waals surface area (Å²) in [5.74, 6) is 1.67. The zero-order valence-corrected chi connectivity index (χ0v) is 8.59. The van der Waals surface area contributed by atoms with E-state index in [2.05, 4.69) is 12.2 Å². The number of ether oxygens (including phenoxy) is 1. The van der Waals surface area contributed by atoms with Crippen LogP contribution >= 0.6 is 0 Å². The molecule has 0 saturated carbocycles. The fourth-order valence-corrected chi connectivity index (χ4v) is 2.51. The normalized spacial score (nSPS) is 41.8. The van der Waals surface area contributed by atoms with Crippen molar-refractivity contribution in [3.63, 3.8) is 0 Å². The summed E-state index contributed by atoms with van der Waals surface area (Å²) in [5, 5.41) is 3.66. The van der Waals surface area contributed by atoms with Gasteiger partial charge in [-0.1, -0.05) is 6.92 Å². The van der Waals surface area contributed by atoms with Gasteiger partial charge in [-0.3, -0.25) is 0 Å². The van der Waals surface area contributed by atoms with Crippen molar-refractivity contribution in [3.8, 4) is 0 Å². The Kier molecular flexibility index (Phi) is 3.23. The van der Waals surface area contributed by atoms with Crippen LogP contribution in [0.25, 0.3) is 0 Å². The number of piperidine rings is 1. The Hall–Kier alpha value is -0.0800. The lowest BCUT2D eigenvalue weighted by molar-refractivity contribution is 0.0326. The molecule has 0 aromatic rings. The van der Waals surface area contributed by atoms with Gasteiger partial charge in [0.25, 0.3) is 0 Å². The zero-order valence-electron chi connectivity index (χ0n) is 8.59. The molecular weight excluding hydrogens is 162 g/mol. The van der Waals surface area contributed by atoms with Crippen molar-refractivity contribution < 1.29 is 4.74 Å². The molecule has 0 aromatic heterocycles. The van der Waals surface area contributed by atoms with E-state index in [1.54, 1.807) is 0 Å². The van der Waals surface area contributed by atoms with Gasteiger partial charge in [0.15, 0.2) is 0 Å². The van der Waals surface area contributed by atoms with Crippen molar-refractivity contribution in [1.82, 2.24) is 5.32 Å². The second-order valence-electron chi connectivity index (χ2n) is 4.67. The lowest BCUT2D eigenvalue weighted by Crippen LogP contribution is -2.45. The minimum atomic E-state index is 0.747. The summed E-state index contributed by atoms with van der Waals surface area (Å²) in [6.45, 7) is 5.52. The van der Waals surface area contributed by atoms with Crippen LogP contribution < -0.4 is 5.32 Å². The van der Waals surface area contributed by atoms with E-state index in [0.29, 0.717) is 0 Å². The van der Waals surface area contributed by atoms with E-state index in [9.17, 15) is 0 Å². The molecule has 0 spiro atoms. The molecule has 13 heavy (non-hydrogen) atoms. The summed E-state index contributed by atoms with van der Waals surface area (Å²) in [5.41, 5.74) is 0. The first-order valence-electron chi connectivity index (χ1n) is 5.67. The van der Waals surface area contributed by atoms with Crippen LogP contribution in [0, 0.1) is 11.8 Å². The Morgan fingerprint density at radius 1 is 1.23 bits per heavy atom. The molecule has 2 heterocycles. The van der Waals surface area contributed by atoms with Crippen molar-refractivity contribution in [2.24, 2.45) is 11.8 Å².